The van der Waals surface area contributed by atoms with Gasteiger partial charge in [-0.3, -0.25) is 9.78 Å². The van der Waals surface area contributed by atoms with Crippen LogP contribution in [0.2, 0.25) is 0 Å². The van der Waals surface area contributed by atoms with Crippen molar-refractivity contribution in [3.05, 3.63) is 65.4 Å². The second-order valence-electron chi connectivity index (χ2n) is 6.29. The molecule has 0 aliphatic carbocycles. The number of carbonyl (C=O) groups excluding carboxylic acids is 2. The summed E-state index contributed by atoms with van der Waals surface area (Å²) in [7, 11) is 1.55. The van der Waals surface area contributed by atoms with E-state index in [0.717, 1.165) is 16.5 Å². The number of aromatic nitrogens is 1. The van der Waals surface area contributed by atoms with Crippen molar-refractivity contribution >= 4 is 28.5 Å². The molecule has 3 rings (SSSR count). The van der Waals surface area contributed by atoms with E-state index in [1.54, 1.807) is 31.4 Å². The summed E-state index contributed by atoms with van der Waals surface area (Å²) >= 11 is 0. The number of esters is 1. The average molecular weight is 378 g/mol. The van der Waals surface area contributed by atoms with Gasteiger partial charge in [-0.1, -0.05) is 31.2 Å². The number of aryl methyl sites for hydroxylation is 2. The van der Waals surface area contributed by atoms with Gasteiger partial charge in [-0.15, -0.1) is 0 Å². The molecule has 0 fully saturated rings. The van der Waals surface area contributed by atoms with Crippen LogP contribution in [0.3, 0.4) is 0 Å². The number of hydrogen-bond donors (Lipinski definition) is 1. The number of ether oxygens (including phenoxy) is 2. The molecule has 0 radical (unpaired) electrons. The minimum atomic E-state index is -0.548. The van der Waals surface area contributed by atoms with E-state index < -0.39 is 11.9 Å². The van der Waals surface area contributed by atoms with Crippen molar-refractivity contribution in [3.8, 4) is 5.75 Å². The van der Waals surface area contributed by atoms with Gasteiger partial charge in [-0.05, 0) is 37.1 Å². The first-order chi connectivity index (χ1) is 13.5. The highest BCUT2D eigenvalue weighted by Crippen LogP contribution is 2.24. The Balaban J connectivity index is 1.74. The second-order valence-corrected chi connectivity index (χ2v) is 6.29. The lowest BCUT2D eigenvalue weighted by Gasteiger charge is -2.13. The quantitative estimate of drug-likeness (QED) is 0.658. The Bertz CT molecular complexity index is 1030. The third-order valence-corrected chi connectivity index (χ3v) is 4.45. The number of pyridine rings is 1. The van der Waals surface area contributed by atoms with Crippen molar-refractivity contribution < 1.29 is 19.1 Å². The summed E-state index contributed by atoms with van der Waals surface area (Å²) in [6.45, 7) is 3.42. The van der Waals surface area contributed by atoms with Gasteiger partial charge in [-0.2, -0.15) is 0 Å². The van der Waals surface area contributed by atoms with Crippen LogP contribution in [0.5, 0.6) is 5.75 Å². The van der Waals surface area contributed by atoms with Crippen molar-refractivity contribution in [1.82, 2.24) is 4.98 Å². The molecular formula is C22H22N2O4. The van der Waals surface area contributed by atoms with Crippen molar-refractivity contribution in [2.75, 3.05) is 19.0 Å². The minimum Gasteiger partial charge on any atom is -0.497 e. The molecule has 0 aliphatic heterocycles. The first kappa shape index (κ1) is 19.4. The Hall–Kier alpha value is -3.41. The Morgan fingerprint density at radius 1 is 1.11 bits per heavy atom. The number of nitrogens with one attached hydrogen (secondary N) is 1. The highest BCUT2D eigenvalue weighted by Gasteiger charge is 2.20. The van der Waals surface area contributed by atoms with Crippen LogP contribution in [0.4, 0.5) is 5.69 Å². The number of hydrogen-bond acceptors (Lipinski definition) is 5. The van der Waals surface area contributed by atoms with Gasteiger partial charge in [0.25, 0.3) is 5.91 Å². The van der Waals surface area contributed by atoms with Gasteiger partial charge in [-0.25, -0.2) is 4.79 Å². The Morgan fingerprint density at radius 2 is 1.89 bits per heavy atom. The van der Waals surface area contributed by atoms with Gasteiger partial charge >= 0.3 is 5.97 Å². The molecule has 0 spiro atoms. The molecule has 6 nitrogen and oxygen atoms in total. The van der Waals surface area contributed by atoms with Crippen LogP contribution in [0.1, 0.15) is 28.5 Å². The third kappa shape index (κ3) is 4.11. The summed E-state index contributed by atoms with van der Waals surface area (Å²) in [5.41, 5.74) is 3.30. The van der Waals surface area contributed by atoms with Gasteiger partial charge in [0.2, 0.25) is 0 Å². The van der Waals surface area contributed by atoms with Crippen LogP contribution in [0.25, 0.3) is 10.9 Å². The fraction of sp³-hybridized carbons (Fsp3) is 0.227. The normalized spacial score (nSPS) is 10.5. The molecule has 0 aliphatic rings. The fourth-order valence-electron chi connectivity index (χ4n) is 3.07. The summed E-state index contributed by atoms with van der Waals surface area (Å²) in [6, 6.07) is 14.6. The lowest BCUT2D eigenvalue weighted by molar-refractivity contribution is -0.119. The smallest absolute Gasteiger partial charge is 0.340 e. The molecule has 1 aromatic heterocycles. The zero-order valence-electron chi connectivity index (χ0n) is 16.1. The predicted octanol–water partition coefficient (Wildman–Crippen LogP) is 3.91. The van der Waals surface area contributed by atoms with Crippen molar-refractivity contribution in [2.45, 2.75) is 20.3 Å². The molecule has 28 heavy (non-hydrogen) atoms. The van der Waals surface area contributed by atoms with E-state index in [2.05, 4.69) is 10.3 Å². The molecule has 0 unspecified atom stereocenters. The Kier molecular flexibility index (Phi) is 5.89. The highest BCUT2D eigenvalue weighted by molar-refractivity contribution is 6.00. The van der Waals surface area contributed by atoms with E-state index in [1.165, 1.54) is 0 Å². The van der Waals surface area contributed by atoms with Gasteiger partial charge < -0.3 is 14.8 Å². The van der Waals surface area contributed by atoms with Crippen LogP contribution >= 0.6 is 0 Å². The molecule has 2 aromatic carbocycles. The Morgan fingerprint density at radius 3 is 2.64 bits per heavy atom. The largest absolute Gasteiger partial charge is 0.497 e. The minimum absolute atomic E-state index is 0.383. The molecule has 0 saturated heterocycles. The van der Waals surface area contributed by atoms with Crippen LogP contribution in [-0.4, -0.2) is 30.6 Å². The van der Waals surface area contributed by atoms with E-state index in [-0.39, 0.29) is 6.61 Å². The monoisotopic (exact) mass is 378 g/mol. The van der Waals surface area contributed by atoms with Crippen molar-refractivity contribution in [3.63, 3.8) is 0 Å². The topological polar surface area (TPSA) is 77.5 Å². The molecule has 0 bridgehead atoms. The number of rotatable bonds is 6. The van der Waals surface area contributed by atoms with Crippen LogP contribution in [0.15, 0.2) is 48.5 Å². The lowest BCUT2D eigenvalue weighted by atomic mass is 10.0. The highest BCUT2D eigenvalue weighted by atomic mass is 16.5. The van der Waals surface area contributed by atoms with Crippen molar-refractivity contribution in [1.29, 1.82) is 0 Å². The predicted molar refractivity (Wildman–Crippen MR) is 108 cm³/mol. The second kappa shape index (κ2) is 8.52. The van der Waals surface area contributed by atoms with Crippen LogP contribution < -0.4 is 10.1 Å². The number of nitrogens with zero attached hydrogens (tertiary/aromatic N) is 1. The number of carbonyl (C=O) groups is 2. The zero-order chi connectivity index (χ0) is 20.1. The number of amides is 1. The number of para-hydroxylation sites is 1. The number of benzene rings is 2. The summed E-state index contributed by atoms with van der Waals surface area (Å²) in [5, 5.41) is 3.58. The summed E-state index contributed by atoms with van der Waals surface area (Å²) in [5.74, 6) is -0.348. The average Bonchev–Trinajstić information content (AvgIpc) is 2.72. The van der Waals surface area contributed by atoms with Gasteiger partial charge in [0.1, 0.15) is 5.75 Å². The number of anilines is 1. The molecule has 1 heterocycles. The first-order valence-electron chi connectivity index (χ1n) is 9.02. The van der Waals surface area contributed by atoms with E-state index in [4.69, 9.17) is 9.47 Å². The molecule has 3 aromatic rings. The van der Waals surface area contributed by atoms with Crippen LogP contribution in [-0.2, 0) is 16.0 Å². The van der Waals surface area contributed by atoms with E-state index in [9.17, 15) is 9.59 Å². The molecular weight excluding hydrogens is 356 g/mol. The molecule has 0 atom stereocenters. The van der Waals surface area contributed by atoms with Gasteiger partial charge in [0.05, 0.1) is 23.9 Å². The van der Waals surface area contributed by atoms with Crippen LogP contribution in [0, 0.1) is 6.92 Å². The molecule has 0 saturated carbocycles. The van der Waals surface area contributed by atoms with Gasteiger partial charge in [0.15, 0.2) is 6.61 Å². The standard InChI is InChI=1S/C22H22N2O4/c1-4-18-21(14(2)17-10-5-6-11-19(17)24-18)22(26)28-13-20(25)23-15-8-7-9-16(12-15)27-3/h5-12H,4,13H2,1-3H3,(H,23,25). The first-order valence-corrected chi connectivity index (χ1v) is 9.02. The molecule has 1 N–H and O–H groups in total. The molecule has 6 heteroatoms. The SMILES string of the molecule is CCc1nc2ccccc2c(C)c1C(=O)OCC(=O)Nc1cccc(OC)c1. The lowest BCUT2D eigenvalue weighted by Crippen LogP contribution is -2.22. The maximum Gasteiger partial charge on any atom is 0.340 e. The van der Waals surface area contributed by atoms with Gasteiger partial charge in [0, 0.05) is 17.1 Å². The molecule has 1 amide bonds. The zero-order valence-corrected chi connectivity index (χ0v) is 16.1. The summed E-state index contributed by atoms with van der Waals surface area (Å²) < 4.78 is 10.4. The summed E-state index contributed by atoms with van der Waals surface area (Å²) in [6.07, 6.45) is 0.589. The number of methoxy groups -OCH3 is 1. The van der Waals surface area contributed by atoms with E-state index >= 15 is 0 Å². The third-order valence-electron chi connectivity index (χ3n) is 4.45. The summed E-state index contributed by atoms with van der Waals surface area (Å²) in [4.78, 5) is 29.4. The fourth-order valence-corrected chi connectivity index (χ4v) is 3.07. The van der Waals surface area contributed by atoms with E-state index in [1.807, 2.05) is 38.1 Å². The van der Waals surface area contributed by atoms with E-state index in [0.29, 0.717) is 29.1 Å². The Labute approximate surface area is 163 Å². The maximum absolute atomic E-state index is 12.7. The van der Waals surface area contributed by atoms with Crippen molar-refractivity contribution in [2.24, 2.45) is 0 Å². The molecule has 144 valence electrons. The number of fused-ring (bicyclic) bond motifs is 1. The maximum atomic E-state index is 12.7.